The smallest absolute Gasteiger partial charge is 0.219 e. The van der Waals surface area contributed by atoms with Gasteiger partial charge in [-0.2, -0.15) is 0 Å². The summed E-state index contributed by atoms with van der Waals surface area (Å²) in [5.41, 5.74) is 7.99. The Morgan fingerprint density at radius 2 is 2.00 bits per heavy atom. The molecule has 36 heavy (non-hydrogen) atoms. The monoisotopic (exact) mass is 490 g/mol. The van der Waals surface area contributed by atoms with Gasteiger partial charge in [-0.1, -0.05) is 44.5 Å². The number of methoxy groups -OCH3 is 1. The van der Waals surface area contributed by atoms with Crippen molar-refractivity contribution >= 4 is 11.5 Å². The first-order valence-corrected chi connectivity index (χ1v) is 13.5. The maximum atomic E-state index is 11.7. The molecule has 5 heteroatoms. The molecule has 1 heterocycles. The highest BCUT2D eigenvalue weighted by Gasteiger charge is 2.26. The van der Waals surface area contributed by atoms with Gasteiger partial charge in [-0.15, -0.1) is 0 Å². The fraction of sp³-hybridized carbons (Fsp3) is 0.516. The van der Waals surface area contributed by atoms with E-state index in [1.54, 1.807) is 7.11 Å². The number of ether oxygens (including phenoxy) is 2. The topological polar surface area (TPSA) is 50.8 Å². The summed E-state index contributed by atoms with van der Waals surface area (Å²) < 4.78 is 11.9. The molecule has 0 aromatic heterocycles. The minimum absolute atomic E-state index is 0.156. The van der Waals surface area contributed by atoms with Crippen molar-refractivity contribution in [3.8, 4) is 11.5 Å². The van der Waals surface area contributed by atoms with Gasteiger partial charge in [0.05, 0.1) is 7.11 Å². The Balaban J connectivity index is 1.38. The van der Waals surface area contributed by atoms with Gasteiger partial charge in [0.25, 0.3) is 0 Å². The summed E-state index contributed by atoms with van der Waals surface area (Å²) in [7, 11) is 1.73. The van der Waals surface area contributed by atoms with Crippen molar-refractivity contribution < 1.29 is 14.3 Å². The Hall–Kier alpha value is -2.79. The van der Waals surface area contributed by atoms with E-state index in [9.17, 15) is 4.79 Å². The molecule has 1 aliphatic carbocycles. The van der Waals surface area contributed by atoms with Gasteiger partial charge in [-0.25, -0.2) is 0 Å². The second-order valence-electron chi connectivity index (χ2n) is 10.7. The number of rotatable bonds is 10. The third-order valence-electron chi connectivity index (χ3n) is 7.47. The minimum Gasteiger partial charge on any atom is -0.496 e. The number of nitrogens with one attached hydrogen (secondary N) is 1. The van der Waals surface area contributed by atoms with Crippen molar-refractivity contribution in [1.82, 2.24) is 10.2 Å². The number of hydrogen-bond acceptors (Lipinski definition) is 4. The van der Waals surface area contributed by atoms with Gasteiger partial charge in [0.1, 0.15) is 18.1 Å². The maximum Gasteiger partial charge on any atom is 0.219 e. The van der Waals surface area contributed by atoms with Crippen molar-refractivity contribution in [3.05, 3.63) is 64.2 Å². The minimum atomic E-state index is 0.156. The quantitative estimate of drug-likeness (QED) is 0.458. The predicted molar refractivity (Wildman–Crippen MR) is 147 cm³/mol. The highest BCUT2D eigenvalue weighted by molar-refractivity contribution is 5.76. The van der Waals surface area contributed by atoms with Crippen molar-refractivity contribution in [1.29, 1.82) is 0 Å². The number of aryl methyl sites for hydroxylation is 1. The van der Waals surface area contributed by atoms with Crippen LogP contribution in [0.25, 0.3) is 5.57 Å². The largest absolute Gasteiger partial charge is 0.496 e. The SMILES string of the molecule is CCC(=O)NC1CCN(CC2=C(C)c3ccc(OCc4ccc(CC(C)C)cc4OC)cc3CC2)C1. The lowest BCUT2D eigenvalue weighted by molar-refractivity contribution is -0.121. The standard InChI is InChI=1S/C31H42N2O3/c1-6-31(34)32-27-13-14-33(19-27)18-25-10-9-24-17-28(11-12-29(24)22(25)4)36-20-26-8-7-23(15-21(2)3)16-30(26)35-5/h7-8,11-12,16-17,21,27H,6,9-10,13-15,18-20H2,1-5H3,(H,32,34). The molecule has 1 unspecified atom stereocenters. The molecule has 0 saturated carbocycles. The van der Waals surface area contributed by atoms with Gasteiger partial charge in [0, 0.05) is 37.7 Å². The van der Waals surface area contributed by atoms with E-state index >= 15 is 0 Å². The molecule has 0 spiro atoms. The summed E-state index contributed by atoms with van der Waals surface area (Å²) in [5.74, 6) is 2.58. The number of carbonyl (C=O) groups is 1. The van der Waals surface area contributed by atoms with Crippen molar-refractivity contribution in [2.24, 2.45) is 5.92 Å². The lowest BCUT2D eigenvalue weighted by atomic mass is 9.86. The Labute approximate surface area is 216 Å². The van der Waals surface area contributed by atoms with E-state index in [0.29, 0.717) is 25.0 Å². The van der Waals surface area contributed by atoms with Crippen LogP contribution in [0.5, 0.6) is 11.5 Å². The third kappa shape index (κ3) is 6.50. The molecule has 4 rings (SSSR count). The molecule has 5 nitrogen and oxygen atoms in total. The zero-order valence-corrected chi connectivity index (χ0v) is 22.7. The number of hydrogen-bond donors (Lipinski definition) is 1. The average molecular weight is 491 g/mol. The lowest BCUT2D eigenvalue weighted by Crippen LogP contribution is -2.37. The van der Waals surface area contributed by atoms with Crippen LogP contribution < -0.4 is 14.8 Å². The van der Waals surface area contributed by atoms with Crippen molar-refractivity contribution in [2.75, 3.05) is 26.7 Å². The van der Waals surface area contributed by atoms with Crippen molar-refractivity contribution in [3.63, 3.8) is 0 Å². The van der Waals surface area contributed by atoms with Gasteiger partial charge in [-0.05, 0) is 79.0 Å². The van der Waals surface area contributed by atoms with Crippen molar-refractivity contribution in [2.45, 2.75) is 72.4 Å². The Bertz CT molecular complexity index is 1100. The second kappa shape index (κ2) is 12.0. The van der Waals surface area contributed by atoms with Gasteiger partial charge in [-0.3, -0.25) is 9.69 Å². The van der Waals surface area contributed by atoms with Gasteiger partial charge in [0.15, 0.2) is 0 Å². The zero-order valence-electron chi connectivity index (χ0n) is 22.7. The summed E-state index contributed by atoms with van der Waals surface area (Å²) >= 11 is 0. The number of carbonyl (C=O) groups excluding carboxylic acids is 1. The summed E-state index contributed by atoms with van der Waals surface area (Å²) in [6, 6.07) is 13.3. The number of fused-ring (bicyclic) bond motifs is 1. The number of amides is 1. The van der Waals surface area contributed by atoms with E-state index in [-0.39, 0.29) is 5.91 Å². The number of allylic oxidation sites excluding steroid dienone is 1. The molecule has 2 aromatic rings. The Morgan fingerprint density at radius 3 is 2.75 bits per heavy atom. The van der Waals surface area contributed by atoms with E-state index in [1.807, 2.05) is 6.92 Å². The van der Waals surface area contributed by atoms with Crippen LogP contribution in [-0.4, -0.2) is 43.6 Å². The van der Waals surface area contributed by atoms with Crippen LogP contribution in [0.1, 0.15) is 69.2 Å². The first-order valence-electron chi connectivity index (χ1n) is 13.5. The molecule has 1 aliphatic heterocycles. The molecular formula is C31H42N2O3. The number of likely N-dealkylation sites (tertiary alicyclic amines) is 1. The molecule has 0 bridgehead atoms. The van der Waals surface area contributed by atoms with Gasteiger partial charge < -0.3 is 14.8 Å². The molecule has 1 amide bonds. The van der Waals surface area contributed by atoms with E-state index in [1.165, 1.54) is 27.8 Å². The average Bonchev–Trinajstić information content (AvgIpc) is 3.30. The lowest BCUT2D eigenvalue weighted by Gasteiger charge is -2.26. The van der Waals surface area contributed by atoms with E-state index < -0.39 is 0 Å². The van der Waals surface area contributed by atoms with Crippen LogP contribution in [0.3, 0.4) is 0 Å². The summed E-state index contributed by atoms with van der Waals surface area (Å²) in [5, 5.41) is 3.15. The highest BCUT2D eigenvalue weighted by atomic mass is 16.5. The number of nitrogens with zero attached hydrogens (tertiary/aromatic N) is 1. The van der Waals surface area contributed by atoms with E-state index in [4.69, 9.17) is 9.47 Å². The molecule has 194 valence electrons. The molecule has 2 aromatic carbocycles. The summed E-state index contributed by atoms with van der Waals surface area (Å²) in [4.78, 5) is 14.2. The van der Waals surface area contributed by atoms with Gasteiger partial charge >= 0.3 is 0 Å². The number of benzene rings is 2. The zero-order chi connectivity index (χ0) is 25.7. The second-order valence-corrected chi connectivity index (χ2v) is 10.7. The first-order chi connectivity index (χ1) is 17.4. The molecule has 1 atom stereocenters. The first kappa shape index (κ1) is 26.3. The maximum absolute atomic E-state index is 11.7. The van der Waals surface area contributed by atoms with Crippen LogP contribution in [-0.2, 0) is 24.2 Å². The Kier molecular flexibility index (Phi) is 8.73. The molecule has 1 saturated heterocycles. The highest BCUT2D eigenvalue weighted by Crippen LogP contribution is 2.34. The Morgan fingerprint density at radius 1 is 1.17 bits per heavy atom. The van der Waals surface area contributed by atoms with Crippen LogP contribution in [0.2, 0.25) is 0 Å². The molecule has 2 aliphatic rings. The summed E-state index contributed by atoms with van der Waals surface area (Å²) in [6.45, 7) is 12.1. The summed E-state index contributed by atoms with van der Waals surface area (Å²) in [6.07, 6.45) is 4.76. The molecule has 1 N–H and O–H groups in total. The van der Waals surface area contributed by atoms with E-state index in [2.05, 4.69) is 67.4 Å². The molecule has 0 radical (unpaired) electrons. The van der Waals surface area contributed by atoms with Gasteiger partial charge in [0.2, 0.25) is 5.91 Å². The molecular weight excluding hydrogens is 448 g/mol. The van der Waals surface area contributed by atoms with Crippen LogP contribution in [0.15, 0.2) is 42.0 Å². The van der Waals surface area contributed by atoms with Crippen LogP contribution >= 0.6 is 0 Å². The van der Waals surface area contributed by atoms with Crippen LogP contribution in [0, 0.1) is 5.92 Å². The normalized spacial score (nSPS) is 17.9. The van der Waals surface area contributed by atoms with Crippen LogP contribution in [0.4, 0.5) is 0 Å². The van der Waals surface area contributed by atoms with E-state index in [0.717, 1.165) is 62.4 Å². The fourth-order valence-corrected chi connectivity index (χ4v) is 5.46. The third-order valence-corrected chi connectivity index (χ3v) is 7.47. The molecule has 1 fully saturated rings. The predicted octanol–water partition coefficient (Wildman–Crippen LogP) is 5.79. The fourth-order valence-electron chi connectivity index (χ4n) is 5.46.